The van der Waals surface area contributed by atoms with Gasteiger partial charge in [-0.1, -0.05) is 78.0 Å². The molecular formula is C21H16N2O2S. The van der Waals surface area contributed by atoms with Crippen LogP contribution in [-0.2, 0) is 0 Å². The number of carbonyl (C=O) groups is 1. The van der Waals surface area contributed by atoms with Crippen molar-refractivity contribution in [2.24, 2.45) is 0 Å². The Hall–Kier alpha value is -2.92. The third-order valence-corrected chi connectivity index (χ3v) is 4.95. The molecule has 0 N–H and O–H groups in total. The third-order valence-electron chi connectivity index (χ3n) is 4.13. The smallest absolute Gasteiger partial charge is 0.277 e. The van der Waals surface area contributed by atoms with Gasteiger partial charge >= 0.3 is 0 Å². The Bertz CT molecular complexity index is 1070. The van der Waals surface area contributed by atoms with Gasteiger partial charge in [-0.25, -0.2) is 0 Å². The molecule has 26 heavy (non-hydrogen) atoms. The first-order valence-corrected chi connectivity index (χ1v) is 9.23. The van der Waals surface area contributed by atoms with Crippen LogP contribution in [0.25, 0.3) is 22.2 Å². The quantitative estimate of drug-likeness (QED) is 0.363. The minimum atomic E-state index is 0.0416. The molecule has 0 radical (unpaired) electrons. The van der Waals surface area contributed by atoms with Crippen molar-refractivity contribution in [2.75, 3.05) is 5.75 Å². The number of Topliss-reactive ketones (excluding diaryl/α,β-unsaturated/α-hetero) is 1. The molecule has 1 heterocycles. The molecule has 128 valence electrons. The van der Waals surface area contributed by atoms with Crippen LogP contribution in [0.1, 0.15) is 15.9 Å². The maximum atomic E-state index is 12.3. The first-order chi connectivity index (χ1) is 12.7. The molecule has 0 aliphatic carbocycles. The highest BCUT2D eigenvalue weighted by atomic mass is 32.2. The maximum Gasteiger partial charge on any atom is 0.277 e. The molecule has 3 aromatic carbocycles. The van der Waals surface area contributed by atoms with Gasteiger partial charge in [0.25, 0.3) is 5.22 Å². The second-order valence-electron chi connectivity index (χ2n) is 5.98. The van der Waals surface area contributed by atoms with Crippen LogP contribution in [0.4, 0.5) is 0 Å². The molecule has 0 fully saturated rings. The number of aryl methyl sites for hydroxylation is 1. The number of thioether (sulfide) groups is 1. The Morgan fingerprint density at radius 2 is 1.73 bits per heavy atom. The molecule has 0 atom stereocenters. The Labute approximate surface area is 155 Å². The Kier molecular flexibility index (Phi) is 4.54. The van der Waals surface area contributed by atoms with E-state index in [-0.39, 0.29) is 11.5 Å². The van der Waals surface area contributed by atoms with Crippen LogP contribution in [0.5, 0.6) is 0 Å². The van der Waals surface area contributed by atoms with Crippen molar-refractivity contribution in [1.29, 1.82) is 0 Å². The monoisotopic (exact) mass is 360 g/mol. The largest absolute Gasteiger partial charge is 0.411 e. The van der Waals surface area contributed by atoms with Gasteiger partial charge < -0.3 is 4.42 Å². The van der Waals surface area contributed by atoms with E-state index in [1.807, 2.05) is 73.7 Å². The molecule has 4 nitrogen and oxygen atoms in total. The van der Waals surface area contributed by atoms with Gasteiger partial charge in [-0.3, -0.25) is 4.79 Å². The molecule has 4 rings (SSSR count). The van der Waals surface area contributed by atoms with Crippen molar-refractivity contribution in [3.05, 3.63) is 77.9 Å². The zero-order chi connectivity index (χ0) is 17.9. The summed E-state index contributed by atoms with van der Waals surface area (Å²) >= 11 is 1.26. The summed E-state index contributed by atoms with van der Waals surface area (Å²) in [4.78, 5) is 12.3. The first-order valence-electron chi connectivity index (χ1n) is 8.25. The number of hydrogen-bond acceptors (Lipinski definition) is 5. The highest BCUT2D eigenvalue weighted by molar-refractivity contribution is 7.99. The zero-order valence-electron chi connectivity index (χ0n) is 14.2. The van der Waals surface area contributed by atoms with Gasteiger partial charge in [0.2, 0.25) is 5.89 Å². The van der Waals surface area contributed by atoms with E-state index in [1.54, 1.807) is 0 Å². The SMILES string of the molecule is Cc1ccc(C(=O)CSc2nnc(-c3cccc4ccccc34)o2)cc1. The third kappa shape index (κ3) is 3.39. The van der Waals surface area contributed by atoms with Crippen LogP contribution < -0.4 is 0 Å². The molecule has 0 spiro atoms. The second-order valence-corrected chi connectivity index (χ2v) is 6.90. The number of fused-ring (bicyclic) bond motifs is 1. The van der Waals surface area contributed by atoms with Gasteiger partial charge in [0.1, 0.15) is 0 Å². The van der Waals surface area contributed by atoms with Crippen molar-refractivity contribution in [1.82, 2.24) is 10.2 Å². The van der Waals surface area contributed by atoms with Gasteiger partial charge in [-0.05, 0) is 23.8 Å². The lowest BCUT2D eigenvalue weighted by atomic mass is 10.0. The van der Waals surface area contributed by atoms with Crippen LogP contribution in [0.2, 0.25) is 0 Å². The number of carbonyl (C=O) groups excluding carboxylic acids is 1. The lowest BCUT2D eigenvalue weighted by Crippen LogP contribution is -2.02. The van der Waals surface area contributed by atoms with E-state index in [0.29, 0.717) is 16.7 Å². The number of aromatic nitrogens is 2. The molecule has 0 amide bonds. The normalized spacial score (nSPS) is 11.0. The average molecular weight is 360 g/mol. The molecule has 0 saturated carbocycles. The fourth-order valence-corrected chi connectivity index (χ4v) is 3.40. The second kappa shape index (κ2) is 7.14. The molecule has 0 unspecified atom stereocenters. The Morgan fingerprint density at radius 1 is 0.962 bits per heavy atom. The molecule has 1 aromatic heterocycles. The van der Waals surface area contributed by atoms with Gasteiger partial charge in [0.15, 0.2) is 5.78 Å². The maximum absolute atomic E-state index is 12.3. The number of ketones is 1. The van der Waals surface area contributed by atoms with Crippen LogP contribution in [-0.4, -0.2) is 21.7 Å². The minimum absolute atomic E-state index is 0.0416. The molecule has 0 aliphatic heterocycles. The summed E-state index contributed by atoms with van der Waals surface area (Å²) in [6.45, 7) is 2.00. The van der Waals surface area contributed by atoms with E-state index in [1.165, 1.54) is 11.8 Å². The number of nitrogens with zero attached hydrogens (tertiary/aromatic N) is 2. The van der Waals surface area contributed by atoms with E-state index < -0.39 is 0 Å². The fraction of sp³-hybridized carbons (Fsp3) is 0.0952. The predicted octanol–water partition coefficient (Wildman–Crippen LogP) is 5.17. The summed E-state index contributed by atoms with van der Waals surface area (Å²) in [6, 6.07) is 21.6. The summed E-state index contributed by atoms with van der Waals surface area (Å²) in [5, 5.41) is 10.8. The van der Waals surface area contributed by atoms with Gasteiger partial charge in [0, 0.05) is 11.1 Å². The molecule has 5 heteroatoms. The number of hydrogen-bond donors (Lipinski definition) is 0. The summed E-state index contributed by atoms with van der Waals surface area (Å²) in [5.41, 5.74) is 2.72. The van der Waals surface area contributed by atoms with E-state index in [4.69, 9.17) is 4.42 Å². The van der Waals surface area contributed by atoms with Crippen molar-refractivity contribution in [2.45, 2.75) is 12.1 Å². The van der Waals surface area contributed by atoms with Crippen molar-refractivity contribution in [3.63, 3.8) is 0 Å². The van der Waals surface area contributed by atoms with Crippen molar-refractivity contribution >= 4 is 28.3 Å². The highest BCUT2D eigenvalue weighted by Crippen LogP contribution is 2.29. The number of rotatable bonds is 5. The van der Waals surface area contributed by atoms with E-state index >= 15 is 0 Å². The van der Waals surface area contributed by atoms with E-state index in [9.17, 15) is 4.79 Å². The van der Waals surface area contributed by atoms with Crippen molar-refractivity contribution in [3.8, 4) is 11.5 Å². The Morgan fingerprint density at radius 3 is 2.58 bits per heavy atom. The van der Waals surface area contributed by atoms with E-state index in [0.717, 1.165) is 21.9 Å². The predicted molar refractivity (Wildman–Crippen MR) is 103 cm³/mol. The first kappa shape index (κ1) is 16.5. The fourth-order valence-electron chi connectivity index (χ4n) is 2.74. The summed E-state index contributed by atoms with van der Waals surface area (Å²) in [7, 11) is 0. The lowest BCUT2D eigenvalue weighted by molar-refractivity contribution is 0.102. The molecule has 0 bridgehead atoms. The zero-order valence-corrected chi connectivity index (χ0v) is 15.0. The Balaban J connectivity index is 1.51. The van der Waals surface area contributed by atoms with Crippen LogP contribution >= 0.6 is 11.8 Å². The highest BCUT2D eigenvalue weighted by Gasteiger charge is 2.14. The summed E-state index contributed by atoms with van der Waals surface area (Å²) in [6.07, 6.45) is 0. The van der Waals surface area contributed by atoms with Crippen LogP contribution in [0, 0.1) is 6.92 Å². The topological polar surface area (TPSA) is 56.0 Å². The molecule has 0 saturated heterocycles. The average Bonchev–Trinajstić information content (AvgIpc) is 3.15. The van der Waals surface area contributed by atoms with Gasteiger partial charge in [0.05, 0.1) is 5.75 Å². The molecular weight excluding hydrogens is 344 g/mol. The minimum Gasteiger partial charge on any atom is -0.411 e. The standard InChI is InChI=1S/C21H16N2O2S/c1-14-9-11-16(12-10-14)19(24)13-26-21-23-22-20(25-21)18-8-4-6-15-5-2-3-7-17(15)18/h2-12H,13H2,1H3. The van der Waals surface area contributed by atoms with Crippen LogP contribution in [0.15, 0.2) is 76.4 Å². The lowest BCUT2D eigenvalue weighted by Gasteiger charge is -2.02. The van der Waals surface area contributed by atoms with E-state index in [2.05, 4.69) is 10.2 Å². The van der Waals surface area contributed by atoms with Crippen LogP contribution in [0.3, 0.4) is 0 Å². The number of benzene rings is 3. The summed E-state index contributed by atoms with van der Waals surface area (Å²) in [5.74, 6) is 0.771. The summed E-state index contributed by atoms with van der Waals surface area (Å²) < 4.78 is 5.77. The molecule has 0 aliphatic rings. The molecule has 4 aromatic rings. The van der Waals surface area contributed by atoms with Crippen molar-refractivity contribution < 1.29 is 9.21 Å². The van der Waals surface area contributed by atoms with Gasteiger partial charge in [-0.15, -0.1) is 10.2 Å². The van der Waals surface area contributed by atoms with Gasteiger partial charge in [-0.2, -0.15) is 0 Å².